The molecule has 1 saturated heterocycles. The van der Waals surface area contributed by atoms with Crippen molar-refractivity contribution in [2.75, 3.05) is 29.9 Å². The Morgan fingerprint density at radius 2 is 2.11 bits per heavy atom. The molecule has 4 heterocycles. The molecule has 1 spiro atoms. The first-order valence-corrected chi connectivity index (χ1v) is 12.8. The second kappa shape index (κ2) is 8.65. The molecule has 9 nitrogen and oxygen atoms in total. The highest BCUT2D eigenvalue weighted by atomic mass is 35.5. The van der Waals surface area contributed by atoms with Gasteiger partial charge >= 0.3 is 6.09 Å². The number of hydrogen-bond acceptors (Lipinski definition) is 6. The molecule has 1 aliphatic carbocycles. The van der Waals surface area contributed by atoms with Crippen LogP contribution in [0.5, 0.6) is 0 Å². The van der Waals surface area contributed by atoms with Crippen molar-refractivity contribution in [3.05, 3.63) is 52.2 Å². The highest BCUT2D eigenvalue weighted by Crippen LogP contribution is 2.44. The molecule has 4 aliphatic rings. The zero-order valence-electron chi connectivity index (χ0n) is 19.8. The third-order valence-corrected chi connectivity index (χ3v) is 8.04. The number of rotatable bonds is 5. The van der Waals surface area contributed by atoms with E-state index in [9.17, 15) is 14.4 Å². The average molecular weight is 510 g/mol. The fourth-order valence-corrected chi connectivity index (χ4v) is 6.03. The summed E-state index contributed by atoms with van der Waals surface area (Å²) < 4.78 is 5.89. The van der Waals surface area contributed by atoms with Crippen LogP contribution in [0.15, 0.2) is 30.5 Å². The van der Waals surface area contributed by atoms with Gasteiger partial charge in [-0.15, -0.1) is 0 Å². The van der Waals surface area contributed by atoms with E-state index in [2.05, 4.69) is 15.2 Å². The third-order valence-electron chi connectivity index (χ3n) is 7.80. The van der Waals surface area contributed by atoms with Crippen molar-refractivity contribution in [3.8, 4) is 0 Å². The molecule has 3 N–H and O–H groups in total. The predicted octanol–water partition coefficient (Wildman–Crippen LogP) is 3.45. The SMILES string of the molecule is NC(=O)c1cnc2c(c1)CCN2[C@@H](CC1CC1)C(=O)N1CCC[C@@]2(C1)OC(=O)Nc1ccc(Cl)cc12. The Bertz CT molecular complexity index is 1260. The van der Waals surface area contributed by atoms with E-state index in [0.29, 0.717) is 54.5 Å². The minimum absolute atomic E-state index is 0.0211. The third kappa shape index (κ3) is 4.05. The van der Waals surface area contributed by atoms with Crippen LogP contribution in [0, 0.1) is 5.92 Å². The smallest absolute Gasteiger partial charge is 0.412 e. The van der Waals surface area contributed by atoms with Gasteiger partial charge in [-0.2, -0.15) is 0 Å². The topological polar surface area (TPSA) is 118 Å². The predicted molar refractivity (Wildman–Crippen MR) is 134 cm³/mol. The van der Waals surface area contributed by atoms with Gasteiger partial charge in [0.05, 0.1) is 17.8 Å². The first-order valence-electron chi connectivity index (χ1n) is 12.5. The second-order valence-electron chi connectivity index (χ2n) is 10.3. The van der Waals surface area contributed by atoms with E-state index < -0.39 is 17.6 Å². The maximum Gasteiger partial charge on any atom is 0.412 e. The number of anilines is 2. The van der Waals surface area contributed by atoms with Gasteiger partial charge in [0.2, 0.25) is 11.8 Å². The number of nitrogens with zero attached hydrogens (tertiary/aromatic N) is 3. The first-order chi connectivity index (χ1) is 17.3. The number of hydrogen-bond donors (Lipinski definition) is 2. The standard InChI is InChI=1S/C26H28ClN5O4/c27-18-4-5-20-19(12-18)26(36-25(35)30-20)7-1-8-31(14-26)24(34)21(10-15-2-3-15)32-9-6-16-11-17(22(28)33)13-29-23(16)32/h4-5,11-13,15,21H,1-3,6-10,14H2,(H2,28,33)(H,30,35)/t21-,26-/m0/s1. The van der Waals surface area contributed by atoms with Crippen molar-refractivity contribution in [1.29, 1.82) is 0 Å². The number of benzene rings is 1. The minimum atomic E-state index is -0.932. The highest BCUT2D eigenvalue weighted by molar-refractivity contribution is 6.30. The van der Waals surface area contributed by atoms with E-state index in [1.807, 2.05) is 11.0 Å². The van der Waals surface area contributed by atoms with Crippen molar-refractivity contribution in [3.63, 3.8) is 0 Å². The molecule has 3 aliphatic heterocycles. The van der Waals surface area contributed by atoms with E-state index in [1.54, 1.807) is 18.2 Å². The molecule has 1 aromatic heterocycles. The van der Waals surface area contributed by atoms with Gasteiger partial charge in [-0.05, 0) is 61.4 Å². The van der Waals surface area contributed by atoms with E-state index in [4.69, 9.17) is 22.1 Å². The number of nitrogens with two attached hydrogens (primary N) is 1. The second-order valence-corrected chi connectivity index (χ2v) is 10.7. The van der Waals surface area contributed by atoms with Gasteiger partial charge in [0, 0.05) is 29.9 Å². The zero-order valence-corrected chi connectivity index (χ0v) is 20.6. The number of primary amides is 1. The molecule has 0 bridgehead atoms. The maximum absolute atomic E-state index is 14.1. The number of halogens is 1. The van der Waals surface area contributed by atoms with Crippen LogP contribution >= 0.6 is 11.6 Å². The molecular formula is C26H28ClN5O4. The summed E-state index contributed by atoms with van der Waals surface area (Å²) in [6.07, 6.45) is 6.00. The fourth-order valence-electron chi connectivity index (χ4n) is 5.86. The highest BCUT2D eigenvalue weighted by Gasteiger charge is 2.48. The number of nitrogens with one attached hydrogen (secondary N) is 1. The molecule has 1 saturated carbocycles. The summed E-state index contributed by atoms with van der Waals surface area (Å²) in [6.45, 7) is 1.53. The molecule has 6 rings (SSSR count). The number of ether oxygens (including phenoxy) is 1. The summed E-state index contributed by atoms with van der Waals surface area (Å²) in [4.78, 5) is 46.7. The summed E-state index contributed by atoms with van der Waals surface area (Å²) in [5, 5.41) is 3.31. The summed E-state index contributed by atoms with van der Waals surface area (Å²) in [5.41, 5.74) is 7.30. The van der Waals surface area contributed by atoms with Crippen LogP contribution in [0.2, 0.25) is 5.02 Å². The molecule has 10 heteroatoms. The Morgan fingerprint density at radius 3 is 2.89 bits per heavy atom. The molecule has 2 fully saturated rings. The molecule has 1 aromatic carbocycles. The van der Waals surface area contributed by atoms with Crippen molar-refractivity contribution in [2.24, 2.45) is 11.7 Å². The molecule has 2 aromatic rings. The zero-order chi connectivity index (χ0) is 25.0. The minimum Gasteiger partial charge on any atom is -0.436 e. The van der Waals surface area contributed by atoms with Crippen LogP contribution in [-0.2, 0) is 21.6 Å². The summed E-state index contributed by atoms with van der Waals surface area (Å²) in [7, 11) is 0. The Morgan fingerprint density at radius 1 is 1.28 bits per heavy atom. The normalized spacial score (nSPS) is 23.5. The number of aromatic nitrogens is 1. The number of carbonyl (C=O) groups excluding carboxylic acids is 3. The lowest BCUT2D eigenvalue weighted by molar-refractivity contribution is -0.140. The van der Waals surface area contributed by atoms with E-state index in [-0.39, 0.29) is 18.5 Å². The summed E-state index contributed by atoms with van der Waals surface area (Å²) in [5.74, 6) is 0.775. The Hall–Kier alpha value is -3.33. The monoisotopic (exact) mass is 509 g/mol. The molecule has 36 heavy (non-hydrogen) atoms. The number of carbonyl (C=O) groups is 3. The first kappa shape index (κ1) is 23.1. The maximum atomic E-state index is 14.1. The van der Waals surface area contributed by atoms with Gasteiger partial charge in [0.1, 0.15) is 11.9 Å². The van der Waals surface area contributed by atoms with Crippen molar-refractivity contribution < 1.29 is 19.1 Å². The Balaban J connectivity index is 1.30. The molecule has 3 amide bonds. The summed E-state index contributed by atoms with van der Waals surface area (Å²) >= 11 is 6.30. The van der Waals surface area contributed by atoms with E-state index in [1.165, 1.54) is 6.20 Å². The van der Waals surface area contributed by atoms with Crippen LogP contribution in [-0.4, -0.2) is 53.5 Å². The fraction of sp³-hybridized carbons (Fsp3) is 0.462. The number of amides is 3. The Kier molecular flexibility index (Phi) is 5.55. The van der Waals surface area contributed by atoms with Gasteiger partial charge in [-0.25, -0.2) is 9.78 Å². The van der Waals surface area contributed by atoms with Crippen molar-refractivity contribution >= 4 is 41.0 Å². The van der Waals surface area contributed by atoms with Crippen LogP contribution in [0.1, 0.15) is 53.6 Å². The average Bonchev–Trinajstić information content (AvgIpc) is 3.59. The van der Waals surface area contributed by atoms with Gasteiger partial charge < -0.3 is 20.3 Å². The van der Waals surface area contributed by atoms with Gasteiger partial charge in [-0.1, -0.05) is 24.4 Å². The lowest BCUT2D eigenvalue weighted by atomic mass is 9.83. The van der Waals surface area contributed by atoms with Gasteiger partial charge in [-0.3, -0.25) is 14.9 Å². The largest absolute Gasteiger partial charge is 0.436 e. The number of piperidine rings is 1. The van der Waals surface area contributed by atoms with E-state index >= 15 is 0 Å². The lowest BCUT2D eigenvalue weighted by Crippen LogP contribution is -2.57. The quantitative estimate of drug-likeness (QED) is 0.637. The molecule has 188 valence electrons. The molecule has 0 radical (unpaired) electrons. The van der Waals surface area contributed by atoms with E-state index in [0.717, 1.165) is 36.2 Å². The summed E-state index contributed by atoms with van der Waals surface area (Å²) in [6, 6.07) is 6.76. The Labute approximate surface area is 213 Å². The number of pyridine rings is 1. The molecule has 0 unspecified atom stereocenters. The van der Waals surface area contributed by atoms with Crippen molar-refractivity contribution in [1.82, 2.24) is 9.88 Å². The van der Waals surface area contributed by atoms with Crippen molar-refractivity contribution in [2.45, 2.75) is 50.2 Å². The molecule has 2 atom stereocenters. The van der Waals surface area contributed by atoms with Gasteiger partial charge in [0.15, 0.2) is 5.60 Å². The molecular weight excluding hydrogens is 482 g/mol. The van der Waals surface area contributed by atoms with Crippen LogP contribution in [0.3, 0.4) is 0 Å². The number of fused-ring (bicyclic) bond motifs is 3. The number of likely N-dealkylation sites (tertiary alicyclic amines) is 1. The van der Waals surface area contributed by atoms with Crippen LogP contribution in [0.4, 0.5) is 16.3 Å². The van der Waals surface area contributed by atoms with Crippen LogP contribution < -0.4 is 16.0 Å². The van der Waals surface area contributed by atoms with Crippen LogP contribution in [0.25, 0.3) is 0 Å². The lowest BCUT2D eigenvalue weighted by Gasteiger charge is -2.46. The van der Waals surface area contributed by atoms with Gasteiger partial charge in [0.25, 0.3) is 0 Å².